The van der Waals surface area contributed by atoms with E-state index in [-0.39, 0.29) is 30.4 Å². The van der Waals surface area contributed by atoms with Gasteiger partial charge in [-0.2, -0.15) is 0 Å². The van der Waals surface area contributed by atoms with Gasteiger partial charge in [-0.15, -0.1) is 0 Å². The van der Waals surface area contributed by atoms with E-state index in [1.807, 2.05) is 12.1 Å². The summed E-state index contributed by atoms with van der Waals surface area (Å²) in [6.45, 7) is 3.36. The monoisotopic (exact) mass is 342 g/mol. The minimum absolute atomic E-state index is 0.117. The zero-order chi connectivity index (χ0) is 17.6. The Bertz CT molecular complexity index is 718. The van der Waals surface area contributed by atoms with Gasteiger partial charge in [0.15, 0.2) is 0 Å². The number of hydrogen-bond acceptors (Lipinski definition) is 3. The average molecular weight is 342 g/mol. The molecule has 0 radical (unpaired) electrons. The summed E-state index contributed by atoms with van der Waals surface area (Å²) in [5.41, 5.74) is 1.36. The predicted molar refractivity (Wildman–Crippen MR) is 95.1 cm³/mol. The quantitative estimate of drug-likeness (QED) is 0.877. The van der Waals surface area contributed by atoms with Crippen LogP contribution in [0, 0.1) is 5.82 Å². The van der Waals surface area contributed by atoms with E-state index in [4.69, 9.17) is 4.74 Å². The van der Waals surface area contributed by atoms with Crippen LogP contribution in [0.15, 0.2) is 48.5 Å². The minimum Gasteiger partial charge on any atom is -0.488 e. The predicted octanol–water partition coefficient (Wildman–Crippen LogP) is 3.28. The normalized spacial score (nSPS) is 20.1. The van der Waals surface area contributed by atoms with Crippen LogP contribution >= 0.6 is 0 Å². The van der Waals surface area contributed by atoms with Gasteiger partial charge in [-0.05, 0) is 56.1 Å². The maximum absolute atomic E-state index is 13.0. The van der Waals surface area contributed by atoms with Crippen molar-refractivity contribution in [2.24, 2.45) is 0 Å². The van der Waals surface area contributed by atoms with Crippen LogP contribution in [0.4, 0.5) is 4.39 Å². The molecule has 0 aromatic heterocycles. The second-order valence-electron chi connectivity index (χ2n) is 6.38. The van der Waals surface area contributed by atoms with Gasteiger partial charge in [0.1, 0.15) is 18.2 Å². The van der Waals surface area contributed by atoms with Crippen molar-refractivity contribution in [2.75, 3.05) is 6.54 Å². The van der Waals surface area contributed by atoms with E-state index in [1.165, 1.54) is 12.1 Å². The summed E-state index contributed by atoms with van der Waals surface area (Å²) in [4.78, 5) is 12.7. The third kappa shape index (κ3) is 4.57. The molecule has 2 aromatic rings. The maximum atomic E-state index is 13.0. The number of halogens is 1. The first kappa shape index (κ1) is 17.4. The van der Waals surface area contributed by atoms with E-state index < -0.39 is 0 Å². The highest BCUT2D eigenvalue weighted by molar-refractivity contribution is 5.97. The van der Waals surface area contributed by atoms with Gasteiger partial charge in [-0.25, -0.2) is 4.39 Å². The molecular weight excluding hydrogens is 319 g/mol. The van der Waals surface area contributed by atoms with Crippen molar-refractivity contribution in [3.05, 3.63) is 65.5 Å². The molecule has 1 amide bonds. The zero-order valence-electron chi connectivity index (χ0n) is 14.3. The highest BCUT2D eigenvalue weighted by atomic mass is 19.1. The topological polar surface area (TPSA) is 50.4 Å². The summed E-state index contributed by atoms with van der Waals surface area (Å²) in [6, 6.07) is 13.7. The largest absolute Gasteiger partial charge is 0.488 e. The van der Waals surface area contributed by atoms with Crippen LogP contribution < -0.4 is 15.4 Å². The molecule has 132 valence electrons. The summed E-state index contributed by atoms with van der Waals surface area (Å²) < 4.78 is 18.8. The zero-order valence-corrected chi connectivity index (χ0v) is 14.3. The van der Waals surface area contributed by atoms with Crippen LogP contribution in [-0.4, -0.2) is 24.5 Å². The first-order chi connectivity index (χ1) is 12.1. The van der Waals surface area contributed by atoms with Gasteiger partial charge in [0, 0.05) is 12.1 Å². The Morgan fingerprint density at radius 3 is 2.76 bits per heavy atom. The highest BCUT2D eigenvalue weighted by Crippen LogP contribution is 2.20. The number of ether oxygens (including phenoxy) is 1. The Kier molecular flexibility index (Phi) is 5.66. The van der Waals surface area contributed by atoms with Gasteiger partial charge >= 0.3 is 0 Å². The third-order valence-electron chi connectivity index (χ3n) is 4.52. The fraction of sp³-hybridized carbons (Fsp3) is 0.350. The summed E-state index contributed by atoms with van der Waals surface area (Å²) in [5.74, 6) is 0.120. The van der Waals surface area contributed by atoms with Crippen LogP contribution in [0.3, 0.4) is 0 Å². The van der Waals surface area contributed by atoms with Crippen molar-refractivity contribution in [3.63, 3.8) is 0 Å². The van der Waals surface area contributed by atoms with Crippen LogP contribution in [0.25, 0.3) is 0 Å². The SMILES string of the molecule is CC1NCCCC1NC(=O)c1ccccc1OCc1ccc(F)cc1. The smallest absolute Gasteiger partial charge is 0.255 e. The van der Waals surface area contributed by atoms with Gasteiger partial charge in [-0.3, -0.25) is 4.79 Å². The lowest BCUT2D eigenvalue weighted by Crippen LogP contribution is -2.51. The second kappa shape index (κ2) is 8.12. The lowest BCUT2D eigenvalue weighted by molar-refractivity contribution is 0.0915. The molecule has 2 atom stereocenters. The van der Waals surface area contributed by atoms with E-state index in [0.29, 0.717) is 11.3 Å². The summed E-state index contributed by atoms with van der Waals surface area (Å²) in [5, 5.41) is 6.48. The molecule has 1 aliphatic heterocycles. The maximum Gasteiger partial charge on any atom is 0.255 e. The van der Waals surface area contributed by atoms with E-state index in [1.54, 1.807) is 24.3 Å². The summed E-state index contributed by atoms with van der Waals surface area (Å²) in [7, 11) is 0. The van der Waals surface area contributed by atoms with Crippen molar-refractivity contribution in [3.8, 4) is 5.75 Å². The van der Waals surface area contributed by atoms with Crippen molar-refractivity contribution in [2.45, 2.75) is 38.5 Å². The van der Waals surface area contributed by atoms with E-state index in [9.17, 15) is 9.18 Å². The summed E-state index contributed by atoms with van der Waals surface area (Å²) in [6.07, 6.45) is 2.02. The van der Waals surface area contributed by atoms with Crippen LogP contribution in [0.5, 0.6) is 5.75 Å². The molecule has 1 fully saturated rings. The molecule has 0 saturated carbocycles. The van der Waals surface area contributed by atoms with Crippen LogP contribution in [0.2, 0.25) is 0 Å². The van der Waals surface area contributed by atoms with E-state index in [0.717, 1.165) is 24.9 Å². The molecule has 0 spiro atoms. The number of piperidine rings is 1. The number of benzene rings is 2. The highest BCUT2D eigenvalue weighted by Gasteiger charge is 2.24. The fourth-order valence-electron chi connectivity index (χ4n) is 3.01. The second-order valence-corrected chi connectivity index (χ2v) is 6.38. The Balaban J connectivity index is 1.67. The van der Waals surface area contributed by atoms with Crippen molar-refractivity contribution in [1.29, 1.82) is 0 Å². The van der Waals surface area contributed by atoms with Crippen LogP contribution in [0.1, 0.15) is 35.7 Å². The van der Waals surface area contributed by atoms with E-state index >= 15 is 0 Å². The molecule has 1 aliphatic rings. The molecule has 5 heteroatoms. The number of amides is 1. The van der Waals surface area contributed by atoms with E-state index in [2.05, 4.69) is 17.6 Å². The average Bonchev–Trinajstić information content (AvgIpc) is 2.63. The molecule has 25 heavy (non-hydrogen) atoms. The standard InChI is InChI=1S/C20H23FN2O2/c1-14-18(6-4-12-22-14)23-20(24)17-5-2-3-7-19(17)25-13-15-8-10-16(21)11-9-15/h2-3,5,7-11,14,18,22H,4,6,12-13H2,1H3,(H,23,24). The number of carbonyl (C=O) groups is 1. The summed E-state index contributed by atoms with van der Waals surface area (Å²) >= 11 is 0. The minimum atomic E-state index is -0.279. The number of para-hydroxylation sites is 1. The molecule has 2 aromatic carbocycles. The molecule has 1 saturated heterocycles. The molecule has 4 nitrogen and oxygen atoms in total. The number of hydrogen-bond donors (Lipinski definition) is 2. The number of carbonyl (C=O) groups excluding carboxylic acids is 1. The lowest BCUT2D eigenvalue weighted by atomic mass is 9.99. The van der Waals surface area contributed by atoms with Gasteiger partial charge in [0.05, 0.1) is 5.56 Å². The lowest BCUT2D eigenvalue weighted by Gasteiger charge is -2.30. The Labute approximate surface area is 147 Å². The fourth-order valence-corrected chi connectivity index (χ4v) is 3.01. The van der Waals surface area contributed by atoms with Gasteiger partial charge in [0.2, 0.25) is 0 Å². The molecule has 2 unspecified atom stereocenters. The molecule has 1 heterocycles. The van der Waals surface area contributed by atoms with Crippen molar-refractivity contribution < 1.29 is 13.9 Å². The van der Waals surface area contributed by atoms with Gasteiger partial charge in [0.25, 0.3) is 5.91 Å². The third-order valence-corrected chi connectivity index (χ3v) is 4.52. The number of nitrogens with one attached hydrogen (secondary N) is 2. The van der Waals surface area contributed by atoms with Gasteiger partial charge < -0.3 is 15.4 Å². The molecule has 3 rings (SSSR count). The molecule has 0 aliphatic carbocycles. The van der Waals surface area contributed by atoms with Crippen molar-refractivity contribution >= 4 is 5.91 Å². The number of rotatable bonds is 5. The Hall–Kier alpha value is -2.40. The molecular formula is C20H23FN2O2. The Morgan fingerprint density at radius 1 is 1.24 bits per heavy atom. The first-order valence-corrected chi connectivity index (χ1v) is 8.64. The molecule has 0 bridgehead atoms. The Morgan fingerprint density at radius 2 is 2.00 bits per heavy atom. The van der Waals surface area contributed by atoms with Crippen molar-refractivity contribution in [1.82, 2.24) is 10.6 Å². The first-order valence-electron chi connectivity index (χ1n) is 8.64. The van der Waals surface area contributed by atoms with Gasteiger partial charge in [-0.1, -0.05) is 24.3 Å². The molecule has 2 N–H and O–H groups in total. The van der Waals surface area contributed by atoms with Crippen LogP contribution in [-0.2, 0) is 6.61 Å².